The van der Waals surface area contributed by atoms with Crippen molar-refractivity contribution in [3.63, 3.8) is 0 Å². The molecule has 2 aromatic carbocycles. The van der Waals surface area contributed by atoms with Crippen molar-refractivity contribution in [2.24, 2.45) is 4.99 Å². The molecule has 1 aliphatic heterocycles. The standard InChI is InChI=1S/C25H35N3O3.HI/c1-4-30-14-15-31-19-21-7-5-6-20(16-21)17-27-25(26-2)28-13-12-23(18-28)22-8-10-24(29-3)11-9-22;/h5-11,16,23H,4,12-15,17-19H2,1-3H3,(H,26,27);1H. The number of rotatable bonds is 10. The second kappa shape index (κ2) is 14.3. The number of hydrogen-bond acceptors (Lipinski definition) is 4. The lowest BCUT2D eigenvalue weighted by Gasteiger charge is -2.22. The fourth-order valence-corrected chi connectivity index (χ4v) is 3.90. The van der Waals surface area contributed by atoms with E-state index in [1.807, 2.05) is 26.1 Å². The summed E-state index contributed by atoms with van der Waals surface area (Å²) in [6.45, 7) is 7.29. The van der Waals surface area contributed by atoms with Crippen molar-refractivity contribution in [1.29, 1.82) is 0 Å². The molecule has 176 valence electrons. The molecule has 6 nitrogen and oxygen atoms in total. The second-order valence-corrected chi connectivity index (χ2v) is 7.68. The molecular formula is C25H36IN3O3. The first kappa shape index (κ1) is 26.4. The number of guanidine groups is 1. The van der Waals surface area contributed by atoms with E-state index in [2.05, 4.69) is 51.6 Å². The van der Waals surface area contributed by atoms with Gasteiger partial charge in [-0.15, -0.1) is 24.0 Å². The molecule has 1 unspecified atom stereocenters. The molecule has 32 heavy (non-hydrogen) atoms. The zero-order chi connectivity index (χ0) is 21.9. The van der Waals surface area contributed by atoms with Gasteiger partial charge in [-0.3, -0.25) is 4.99 Å². The van der Waals surface area contributed by atoms with Crippen LogP contribution in [0.3, 0.4) is 0 Å². The molecule has 0 amide bonds. The molecular weight excluding hydrogens is 517 g/mol. The summed E-state index contributed by atoms with van der Waals surface area (Å²) in [6, 6.07) is 16.9. The van der Waals surface area contributed by atoms with Crippen LogP contribution in [0.25, 0.3) is 0 Å². The molecule has 2 aromatic rings. The molecule has 1 fully saturated rings. The minimum Gasteiger partial charge on any atom is -0.497 e. The molecule has 1 N–H and O–H groups in total. The summed E-state index contributed by atoms with van der Waals surface area (Å²) < 4.78 is 16.3. The summed E-state index contributed by atoms with van der Waals surface area (Å²) >= 11 is 0. The Balaban J connectivity index is 0.00000363. The number of halogens is 1. The lowest BCUT2D eigenvalue weighted by atomic mass is 9.98. The van der Waals surface area contributed by atoms with E-state index in [0.717, 1.165) is 44.4 Å². The summed E-state index contributed by atoms with van der Waals surface area (Å²) in [5.41, 5.74) is 3.75. The van der Waals surface area contributed by atoms with Crippen molar-refractivity contribution in [3.8, 4) is 5.75 Å². The van der Waals surface area contributed by atoms with Crippen molar-refractivity contribution in [1.82, 2.24) is 10.2 Å². The van der Waals surface area contributed by atoms with Crippen LogP contribution in [0.15, 0.2) is 53.5 Å². The molecule has 0 bridgehead atoms. The van der Waals surface area contributed by atoms with Crippen molar-refractivity contribution < 1.29 is 14.2 Å². The summed E-state index contributed by atoms with van der Waals surface area (Å²) in [5, 5.41) is 3.52. The number of ether oxygens (including phenoxy) is 3. The van der Waals surface area contributed by atoms with E-state index in [-0.39, 0.29) is 24.0 Å². The van der Waals surface area contributed by atoms with Crippen molar-refractivity contribution in [2.45, 2.75) is 32.4 Å². The normalized spacial score (nSPS) is 16.0. The van der Waals surface area contributed by atoms with Crippen LogP contribution in [-0.2, 0) is 22.6 Å². The summed E-state index contributed by atoms with van der Waals surface area (Å²) in [7, 11) is 3.55. The van der Waals surface area contributed by atoms with Gasteiger partial charge >= 0.3 is 0 Å². The van der Waals surface area contributed by atoms with Gasteiger partial charge in [-0.05, 0) is 42.2 Å². The Hall–Kier alpha value is -1.84. The van der Waals surface area contributed by atoms with E-state index in [9.17, 15) is 0 Å². The second-order valence-electron chi connectivity index (χ2n) is 7.68. The maximum absolute atomic E-state index is 5.69. The molecule has 1 heterocycles. The first-order chi connectivity index (χ1) is 15.2. The van der Waals surface area contributed by atoms with E-state index < -0.39 is 0 Å². The highest BCUT2D eigenvalue weighted by Gasteiger charge is 2.26. The average Bonchev–Trinajstić information content (AvgIpc) is 3.30. The minimum atomic E-state index is 0. The van der Waals surface area contributed by atoms with E-state index in [4.69, 9.17) is 14.2 Å². The van der Waals surface area contributed by atoms with Crippen molar-refractivity contribution in [3.05, 3.63) is 65.2 Å². The number of aliphatic imine (C=N–C) groups is 1. The molecule has 0 saturated carbocycles. The Kier molecular flexibility index (Phi) is 11.8. The summed E-state index contributed by atoms with van der Waals surface area (Å²) in [5.74, 6) is 2.37. The number of nitrogens with zero attached hydrogens (tertiary/aromatic N) is 2. The highest BCUT2D eigenvalue weighted by molar-refractivity contribution is 14.0. The van der Waals surface area contributed by atoms with Crippen LogP contribution in [0.5, 0.6) is 5.75 Å². The topological polar surface area (TPSA) is 55.3 Å². The quantitative estimate of drug-likeness (QED) is 0.204. The predicted octanol–water partition coefficient (Wildman–Crippen LogP) is 4.43. The number of methoxy groups -OCH3 is 1. The zero-order valence-electron chi connectivity index (χ0n) is 19.4. The first-order valence-electron chi connectivity index (χ1n) is 11.1. The molecule has 7 heteroatoms. The Bertz CT molecular complexity index is 829. The van der Waals surface area contributed by atoms with E-state index in [1.54, 1.807) is 7.11 Å². The molecule has 1 saturated heterocycles. The van der Waals surface area contributed by atoms with E-state index in [0.29, 0.717) is 25.7 Å². The highest BCUT2D eigenvalue weighted by Crippen LogP contribution is 2.28. The molecule has 0 aliphatic carbocycles. The van der Waals surface area contributed by atoms with Gasteiger partial charge in [0, 0.05) is 39.2 Å². The van der Waals surface area contributed by atoms with Crippen LogP contribution in [-0.4, -0.2) is 57.9 Å². The van der Waals surface area contributed by atoms with Crippen molar-refractivity contribution >= 4 is 29.9 Å². The van der Waals surface area contributed by atoms with Gasteiger partial charge in [-0.25, -0.2) is 0 Å². The Labute approximate surface area is 209 Å². The Morgan fingerprint density at radius 2 is 1.84 bits per heavy atom. The maximum Gasteiger partial charge on any atom is 0.193 e. The van der Waals surface area contributed by atoms with Crippen LogP contribution < -0.4 is 10.1 Å². The van der Waals surface area contributed by atoms with Gasteiger partial charge < -0.3 is 24.4 Å². The van der Waals surface area contributed by atoms with Crippen LogP contribution in [0.4, 0.5) is 0 Å². The Morgan fingerprint density at radius 3 is 2.56 bits per heavy atom. The number of likely N-dealkylation sites (tertiary alicyclic amines) is 1. The number of benzene rings is 2. The van der Waals surface area contributed by atoms with Gasteiger partial charge in [0.2, 0.25) is 0 Å². The highest BCUT2D eigenvalue weighted by atomic mass is 127. The van der Waals surface area contributed by atoms with Gasteiger partial charge in [0.15, 0.2) is 5.96 Å². The van der Waals surface area contributed by atoms with Gasteiger partial charge in [-0.2, -0.15) is 0 Å². The third-order valence-corrected chi connectivity index (χ3v) is 5.57. The van der Waals surface area contributed by atoms with Crippen molar-refractivity contribution in [2.75, 3.05) is 47.1 Å². The molecule has 0 spiro atoms. The fraction of sp³-hybridized carbons (Fsp3) is 0.480. The van der Waals surface area contributed by atoms with Crippen LogP contribution >= 0.6 is 24.0 Å². The largest absolute Gasteiger partial charge is 0.497 e. The first-order valence-corrected chi connectivity index (χ1v) is 11.1. The van der Waals surface area contributed by atoms with E-state index >= 15 is 0 Å². The van der Waals surface area contributed by atoms with Gasteiger partial charge in [0.05, 0.1) is 26.9 Å². The molecule has 1 atom stereocenters. The maximum atomic E-state index is 5.69. The Morgan fingerprint density at radius 1 is 1.09 bits per heavy atom. The number of hydrogen-bond donors (Lipinski definition) is 1. The third-order valence-electron chi connectivity index (χ3n) is 5.57. The summed E-state index contributed by atoms with van der Waals surface area (Å²) in [6.07, 6.45) is 1.13. The minimum absolute atomic E-state index is 0. The molecule has 3 rings (SSSR count). The lowest BCUT2D eigenvalue weighted by molar-refractivity contribution is 0.0453. The fourth-order valence-electron chi connectivity index (χ4n) is 3.90. The monoisotopic (exact) mass is 553 g/mol. The third kappa shape index (κ3) is 7.94. The van der Waals surface area contributed by atoms with Crippen LogP contribution in [0.2, 0.25) is 0 Å². The smallest absolute Gasteiger partial charge is 0.193 e. The van der Waals surface area contributed by atoms with Crippen LogP contribution in [0.1, 0.15) is 36.0 Å². The predicted molar refractivity (Wildman–Crippen MR) is 140 cm³/mol. The lowest BCUT2D eigenvalue weighted by Crippen LogP contribution is -2.39. The summed E-state index contributed by atoms with van der Waals surface area (Å²) in [4.78, 5) is 6.86. The SMILES string of the molecule is CCOCCOCc1cccc(CNC(=NC)N2CCC(c3ccc(OC)cc3)C2)c1.I. The van der Waals surface area contributed by atoms with E-state index in [1.165, 1.54) is 16.7 Å². The van der Waals surface area contributed by atoms with Gasteiger partial charge in [-0.1, -0.05) is 36.4 Å². The number of nitrogens with one attached hydrogen (secondary N) is 1. The van der Waals surface area contributed by atoms with Crippen LogP contribution in [0, 0.1) is 0 Å². The van der Waals surface area contributed by atoms with Gasteiger partial charge in [0.25, 0.3) is 0 Å². The molecule has 0 aromatic heterocycles. The zero-order valence-corrected chi connectivity index (χ0v) is 21.7. The average molecular weight is 553 g/mol. The molecule has 1 aliphatic rings. The molecule has 0 radical (unpaired) electrons. The van der Waals surface area contributed by atoms with Gasteiger partial charge in [0.1, 0.15) is 5.75 Å².